The second-order valence-electron chi connectivity index (χ2n) is 25.1. The Morgan fingerprint density at radius 3 is 2.05 bits per heavy atom. The summed E-state index contributed by atoms with van der Waals surface area (Å²) in [7, 11) is 0. The first kappa shape index (κ1) is 46.3. The molecule has 3 aliphatic heterocycles. The summed E-state index contributed by atoms with van der Waals surface area (Å²) in [6.45, 7) is 23.9. The lowest BCUT2D eigenvalue weighted by Gasteiger charge is -2.48. The molecule has 11 aromatic rings. The van der Waals surface area contributed by atoms with Crippen molar-refractivity contribution in [1.29, 1.82) is 0 Å². The largest absolute Gasteiger partial charge is 0.455 e. The summed E-state index contributed by atoms with van der Waals surface area (Å²) in [6, 6.07) is 63.1. The van der Waals surface area contributed by atoms with Gasteiger partial charge in [-0.15, -0.1) is 11.3 Å². The summed E-state index contributed by atoms with van der Waals surface area (Å²) >= 11 is 3.86. The van der Waals surface area contributed by atoms with Crippen LogP contribution in [0.1, 0.15) is 109 Å². The van der Waals surface area contributed by atoms with Crippen molar-refractivity contribution in [3.63, 3.8) is 0 Å². The number of para-hydroxylation sites is 1. The normalized spacial score (nSPS) is 16.6. The SMILES string of the molecule is Cc1cc2c(cc1N1c3cc4c(cc3B3c5c1cc1c(oc6ccccc61)c5-c1ccc5c(sc6ccccc65)c1N3c1ccc(C(C)(C)C)cc1-c1ccccc1)C(C)(C)c1ccccc1S4)C(C)(C)CCC2(C)C. The van der Waals surface area contributed by atoms with Crippen LogP contribution in [0.25, 0.3) is 64.4 Å². The van der Waals surface area contributed by atoms with Crippen molar-refractivity contribution < 1.29 is 4.42 Å². The molecule has 0 spiro atoms. The van der Waals surface area contributed by atoms with Crippen molar-refractivity contribution in [3.8, 4) is 22.3 Å². The fourth-order valence-electron chi connectivity index (χ4n) is 13.9. The minimum Gasteiger partial charge on any atom is -0.455 e. The monoisotopic (exact) mass is 1020 g/mol. The summed E-state index contributed by atoms with van der Waals surface area (Å²) in [4.78, 5) is 8.15. The van der Waals surface area contributed by atoms with Crippen LogP contribution in [0.5, 0.6) is 0 Å². The molecular weight excluding hydrogens is 960 g/mol. The fourth-order valence-corrected chi connectivity index (χ4v) is 16.6. The zero-order chi connectivity index (χ0) is 51.9. The molecule has 0 fully saturated rings. The highest BCUT2D eigenvalue weighted by molar-refractivity contribution is 7.99. The number of fused-ring (bicyclic) bond motifs is 15. The Kier molecular flexibility index (Phi) is 9.63. The lowest BCUT2D eigenvalue weighted by molar-refractivity contribution is 0.332. The van der Waals surface area contributed by atoms with Gasteiger partial charge in [-0.2, -0.15) is 0 Å². The molecule has 76 heavy (non-hydrogen) atoms. The maximum absolute atomic E-state index is 7.34. The predicted molar refractivity (Wildman–Crippen MR) is 327 cm³/mol. The molecule has 372 valence electrons. The van der Waals surface area contributed by atoms with Crippen molar-refractivity contribution in [2.75, 3.05) is 9.71 Å². The summed E-state index contributed by atoms with van der Waals surface area (Å²) in [6.07, 6.45) is 2.31. The van der Waals surface area contributed by atoms with E-state index in [0.29, 0.717) is 0 Å². The molecule has 0 amide bonds. The molecule has 0 atom stereocenters. The average Bonchev–Trinajstić information content (AvgIpc) is 4.15. The van der Waals surface area contributed by atoms with Crippen LogP contribution in [0.2, 0.25) is 0 Å². The molecule has 0 saturated heterocycles. The van der Waals surface area contributed by atoms with E-state index in [-0.39, 0.29) is 28.5 Å². The molecule has 15 rings (SSSR count). The highest BCUT2D eigenvalue weighted by atomic mass is 32.2. The molecule has 3 nitrogen and oxygen atoms in total. The van der Waals surface area contributed by atoms with Crippen LogP contribution in [-0.4, -0.2) is 6.85 Å². The topological polar surface area (TPSA) is 19.6 Å². The van der Waals surface area contributed by atoms with Gasteiger partial charge in [-0.1, -0.05) is 189 Å². The van der Waals surface area contributed by atoms with Gasteiger partial charge in [0, 0.05) is 80.9 Å². The third-order valence-electron chi connectivity index (χ3n) is 18.2. The lowest BCUT2D eigenvalue weighted by atomic mass is 9.43. The van der Waals surface area contributed by atoms with Crippen molar-refractivity contribution in [2.45, 2.75) is 114 Å². The first-order valence-electron chi connectivity index (χ1n) is 27.3. The summed E-state index contributed by atoms with van der Waals surface area (Å²) in [5.41, 5.74) is 23.4. The Balaban J connectivity index is 1.15. The number of hydrogen-bond acceptors (Lipinski definition) is 5. The van der Waals surface area contributed by atoms with Gasteiger partial charge < -0.3 is 14.1 Å². The molecule has 0 unspecified atom stereocenters. The number of furan rings is 1. The summed E-state index contributed by atoms with van der Waals surface area (Å²) in [5, 5.41) is 4.86. The van der Waals surface area contributed by atoms with E-state index < -0.39 is 0 Å². The molecule has 9 aromatic carbocycles. The first-order valence-corrected chi connectivity index (χ1v) is 28.9. The van der Waals surface area contributed by atoms with Crippen LogP contribution < -0.4 is 20.6 Å². The highest BCUT2D eigenvalue weighted by Gasteiger charge is 2.50. The van der Waals surface area contributed by atoms with Gasteiger partial charge in [0.15, 0.2) is 0 Å². The van der Waals surface area contributed by atoms with E-state index in [2.05, 4.69) is 243 Å². The molecule has 0 saturated carbocycles. The number of hydrogen-bond donors (Lipinski definition) is 0. The Bertz CT molecular complexity index is 4320. The van der Waals surface area contributed by atoms with E-state index >= 15 is 0 Å². The Labute approximate surface area is 455 Å². The molecule has 0 N–H and O–H groups in total. The van der Waals surface area contributed by atoms with Gasteiger partial charge in [0.05, 0.1) is 10.4 Å². The zero-order valence-electron chi connectivity index (χ0n) is 45.2. The van der Waals surface area contributed by atoms with Gasteiger partial charge in [-0.05, 0) is 134 Å². The van der Waals surface area contributed by atoms with E-state index in [1.165, 1.54) is 131 Å². The number of aryl methyl sites for hydroxylation is 1. The molecule has 4 aliphatic rings. The van der Waals surface area contributed by atoms with Gasteiger partial charge in [0.2, 0.25) is 0 Å². The zero-order valence-corrected chi connectivity index (χ0v) is 46.8. The molecule has 1 aliphatic carbocycles. The van der Waals surface area contributed by atoms with Crippen molar-refractivity contribution >= 4 is 111 Å². The van der Waals surface area contributed by atoms with Gasteiger partial charge in [-0.3, -0.25) is 0 Å². The van der Waals surface area contributed by atoms with Gasteiger partial charge >= 0.3 is 6.85 Å². The van der Waals surface area contributed by atoms with Crippen LogP contribution in [0.3, 0.4) is 0 Å². The lowest BCUT2D eigenvalue weighted by Crippen LogP contribution is -2.62. The molecule has 5 heterocycles. The Hall–Kier alpha value is -6.99. The quantitative estimate of drug-likeness (QED) is 0.164. The Morgan fingerprint density at radius 1 is 0.553 bits per heavy atom. The van der Waals surface area contributed by atoms with E-state index in [9.17, 15) is 0 Å². The second kappa shape index (κ2) is 15.8. The standard InChI is InChI=1S/C70H61BN2OS2/c1-40-34-50-51(69(7,8)33-32-68(50,5)6)38-55(40)72-56-39-61-52(70(9,10)49-24-16-19-27-60(49)75-61)37-53(56)71-63-57(72)36-48-43-22-14-17-25-58(43)74-65(48)62(63)46-30-29-45-44-23-15-18-26-59(44)76-66(45)64(46)73(71)54-31-28-42(67(2,3)4)35-47(54)41-20-12-11-13-21-41/h11-31,34-39H,32-33H2,1-10H3. The number of benzene rings is 9. The van der Waals surface area contributed by atoms with Crippen LogP contribution in [-0.2, 0) is 21.7 Å². The van der Waals surface area contributed by atoms with E-state index in [1.54, 1.807) is 0 Å². The van der Waals surface area contributed by atoms with Crippen molar-refractivity contribution in [1.82, 2.24) is 0 Å². The van der Waals surface area contributed by atoms with Crippen molar-refractivity contribution in [3.05, 3.63) is 197 Å². The molecule has 2 aromatic heterocycles. The van der Waals surface area contributed by atoms with Crippen LogP contribution in [0, 0.1) is 6.92 Å². The maximum Gasteiger partial charge on any atom is 0.333 e. The third kappa shape index (κ3) is 6.44. The van der Waals surface area contributed by atoms with Gasteiger partial charge in [-0.25, -0.2) is 0 Å². The number of thiophene rings is 1. The van der Waals surface area contributed by atoms with Crippen molar-refractivity contribution in [2.24, 2.45) is 0 Å². The second-order valence-corrected chi connectivity index (χ2v) is 27.3. The van der Waals surface area contributed by atoms with E-state index in [4.69, 9.17) is 4.42 Å². The molecule has 0 bridgehead atoms. The minimum absolute atomic E-state index is 0.0104. The Morgan fingerprint density at radius 2 is 1.26 bits per heavy atom. The first-order chi connectivity index (χ1) is 36.5. The smallest absolute Gasteiger partial charge is 0.333 e. The van der Waals surface area contributed by atoms with Gasteiger partial charge in [0.25, 0.3) is 0 Å². The number of anilines is 5. The van der Waals surface area contributed by atoms with Crippen LogP contribution in [0.15, 0.2) is 178 Å². The summed E-state index contributed by atoms with van der Waals surface area (Å²) in [5.74, 6) is 0. The average molecular weight is 1020 g/mol. The van der Waals surface area contributed by atoms with E-state index in [1.807, 2.05) is 23.1 Å². The minimum atomic E-state index is -0.264. The van der Waals surface area contributed by atoms with E-state index in [0.717, 1.165) is 28.4 Å². The fraction of sp³-hybridized carbons (Fsp3) is 0.229. The van der Waals surface area contributed by atoms with Gasteiger partial charge in [0.1, 0.15) is 11.2 Å². The molecule has 6 heteroatoms. The molecular formula is C70H61BN2OS2. The summed E-state index contributed by atoms with van der Waals surface area (Å²) < 4.78 is 9.93. The number of nitrogens with zero attached hydrogens (tertiary/aromatic N) is 2. The molecule has 0 radical (unpaired) electrons. The maximum atomic E-state index is 7.34. The van der Waals surface area contributed by atoms with Crippen LogP contribution in [0.4, 0.5) is 28.4 Å². The highest BCUT2D eigenvalue weighted by Crippen LogP contribution is 2.58. The third-order valence-corrected chi connectivity index (χ3v) is 20.6. The van der Waals surface area contributed by atoms with Crippen LogP contribution >= 0.6 is 23.1 Å². The predicted octanol–water partition coefficient (Wildman–Crippen LogP) is 19.1. The number of rotatable bonds is 3.